The van der Waals surface area contributed by atoms with Gasteiger partial charge in [-0.1, -0.05) is 23.2 Å². The van der Waals surface area contributed by atoms with Gasteiger partial charge in [-0.25, -0.2) is 0 Å². The number of rotatable bonds is 6. The standard InChI is InChI=1S/C19H25Cl2N3O3/c1-13(4-6-23-8-10-27-11-9-23)22-18(25)15-5-7-24(19(15)26)14-2-3-16(20)17(21)12-14/h2-3,12-13,15H,4-11H2,1H3,(H,22,25). The lowest BCUT2D eigenvalue weighted by atomic mass is 10.1. The summed E-state index contributed by atoms with van der Waals surface area (Å²) in [7, 11) is 0. The van der Waals surface area contributed by atoms with Crippen molar-refractivity contribution in [1.29, 1.82) is 0 Å². The van der Waals surface area contributed by atoms with E-state index in [4.69, 9.17) is 27.9 Å². The van der Waals surface area contributed by atoms with E-state index in [-0.39, 0.29) is 17.9 Å². The molecule has 2 aliphatic heterocycles. The molecule has 148 valence electrons. The first-order chi connectivity index (χ1) is 13.0. The lowest BCUT2D eigenvalue weighted by molar-refractivity contribution is -0.132. The molecule has 0 radical (unpaired) electrons. The second-order valence-corrected chi connectivity index (χ2v) is 7.90. The fraction of sp³-hybridized carbons (Fsp3) is 0.579. The topological polar surface area (TPSA) is 61.9 Å². The molecule has 0 saturated carbocycles. The SMILES string of the molecule is CC(CCN1CCOCC1)NC(=O)C1CCN(c2ccc(Cl)c(Cl)c2)C1=O. The van der Waals surface area contributed by atoms with E-state index in [0.717, 1.165) is 39.3 Å². The van der Waals surface area contributed by atoms with Crippen molar-refractivity contribution >= 4 is 40.7 Å². The molecule has 0 spiro atoms. The zero-order valence-electron chi connectivity index (χ0n) is 15.4. The molecular formula is C19H25Cl2N3O3. The zero-order chi connectivity index (χ0) is 19.4. The highest BCUT2D eigenvalue weighted by Gasteiger charge is 2.38. The lowest BCUT2D eigenvalue weighted by Gasteiger charge is -2.28. The van der Waals surface area contributed by atoms with Crippen LogP contribution in [0.3, 0.4) is 0 Å². The van der Waals surface area contributed by atoms with Crippen LogP contribution in [0.15, 0.2) is 18.2 Å². The molecule has 6 nitrogen and oxygen atoms in total. The van der Waals surface area contributed by atoms with E-state index in [1.54, 1.807) is 23.1 Å². The minimum absolute atomic E-state index is 0.0205. The van der Waals surface area contributed by atoms with Gasteiger partial charge in [0.1, 0.15) is 5.92 Å². The van der Waals surface area contributed by atoms with Crippen molar-refractivity contribution < 1.29 is 14.3 Å². The summed E-state index contributed by atoms with van der Waals surface area (Å²) in [6.45, 7) is 6.79. The van der Waals surface area contributed by atoms with Gasteiger partial charge in [0.05, 0.1) is 23.3 Å². The zero-order valence-corrected chi connectivity index (χ0v) is 16.9. The van der Waals surface area contributed by atoms with Gasteiger partial charge in [-0.15, -0.1) is 0 Å². The molecule has 1 N–H and O–H groups in total. The van der Waals surface area contributed by atoms with Gasteiger partial charge < -0.3 is 15.0 Å². The van der Waals surface area contributed by atoms with Crippen LogP contribution in [0.1, 0.15) is 19.8 Å². The van der Waals surface area contributed by atoms with Crippen LogP contribution in [0.2, 0.25) is 10.0 Å². The molecule has 0 aromatic heterocycles. The van der Waals surface area contributed by atoms with Crippen LogP contribution in [-0.4, -0.2) is 62.1 Å². The maximum Gasteiger partial charge on any atom is 0.239 e. The van der Waals surface area contributed by atoms with Gasteiger partial charge in [0.2, 0.25) is 11.8 Å². The molecule has 2 fully saturated rings. The summed E-state index contributed by atoms with van der Waals surface area (Å²) in [6.07, 6.45) is 1.35. The van der Waals surface area contributed by atoms with Crippen LogP contribution in [-0.2, 0) is 14.3 Å². The van der Waals surface area contributed by atoms with E-state index in [0.29, 0.717) is 28.7 Å². The van der Waals surface area contributed by atoms with Crippen LogP contribution >= 0.6 is 23.2 Å². The first kappa shape index (κ1) is 20.4. The minimum atomic E-state index is -0.648. The average Bonchev–Trinajstić information content (AvgIpc) is 3.05. The molecule has 2 heterocycles. The maximum atomic E-state index is 12.7. The van der Waals surface area contributed by atoms with E-state index < -0.39 is 5.92 Å². The Bertz CT molecular complexity index is 695. The summed E-state index contributed by atoms with van der Waals surface area (Å²) in [5, 5.41) is 3.83. The number of benzene rings is 1. The second-order valence-electron chi connectivity index (χ2n) is 7.08. The third-order valence-electron chi connectivity index (χ3n) is 5.11. The van der Waals surface area contributed by atoms with E-state index in [1.807, 2.05) is 6.92 Å². The number of carbonyl (C=O) groups excluding carboxylic acids is 2. The predicted molar refractivity (Wildman–Crippen MR) is 106 cm³/mol. The number of hydrogen-bond donors (Lipinski definition) is 1. The Morgan fingerprint density at radius 2 is 2.00 bits per heavy atom. The van der Waals surface area contributed by atoms with Gasteiger partial charge in [-0.3, -0.25) is 14.5 Å². The molecule has 27 heavy (non-hydrogen) atoms. The third kappa shape index (κ3) is 5.13. The molecule has 0 bridgehead atoms. The van der Waals surface area contributed by atoms with Crippen LogP contribution in [0.5, 0.6) is 0 Å². The third-order valence-corrected chi connectivity index (χ3v) is 5.85. The highest BCUT2D eigenvalue weighted by molar-refractivity contribution is 6.42. The Balaban J connectivity index is 1.51. The Kier molecular flexibility index (Phi) is 6.98. The molecule has 2 atom stereocenters. The second kappa shape index (κ2) is 9.24. The first-order valence-corrected chi connectivity index (χ1v) is 10.1. The van der Waals surface area contributed by atoms with Crippen molar-refractivity contribution in [1.82, 2.24) is 10.2 Å². The van der Waals surface area contributed by atoms with Gasteiger partial charge in [0.15, 0.2) is 0 Å². The molecule has 2 amide bonds. The molecule has 2 saturated heterocycles. The summed E-state index contributed by atoms with van der Waals surface area (Å²) in [5.41, 5.74) is 0.671. The summed E-state index contributed by atoms with van der Waals surface area (Å²) in [5.74, 6) is -1.03. The molecular weight excluding hydrogens is 389 g/mol. The van der Waals surface area contributed by atoms with Crippen molar-refractivity contribution in [3.63, 3.8) is 0 Å². The number of nitrogens with zero attached hydrogens (tertiary/aromatic N) is 2. The summed E-state index contributed by atoms with van der Waals surface area (Å²) in [6, 6.07) is 5.09. The number of amides is 2. The number of halogens is 2. The fourth-order valence-electron chi connectivity index (χ4n) is 3.45. The highest BCUT2D eigenvalue weighted by Crippen LogP contribution is 2.31. The van der Waals surface area contributed by atoms with Gasteiger partial charge in [-0.05, 0) is 38.0 Å². The Morgan fingerprint density at radius 1 is 1.26 bits per heavy atom. The predicted octanol–water partition coefficient (Wildman–Crippen LogP) is 2.57. The van der Waals surface area contributed by atoms with Crippen LogP contribution in [0, 0.1) is 5.92 Å². The van der Waals surface area contributed by atoms with Crippen molar-refractivity contribution in [2.45, 2.75) is 25.8 Å². The Labute approximate surface area is 169 Å². The highest BCUT2D eigenvalue weighted by atomic mass is 35.5. The smallest absolute Gasteiger partial charge is 0.239 e. The van der Waals surface area contributed by atoms with Gasteiger partial charge in [0.25, 0.3) is 0 Å². The number of nitrogens with one attached hydrogen (secondary N) is 1. The molecule has 1 aromatic carbocycles. The van der Waals surface area contributed by atoms with Crippen LogP contribution in [0.4, 0.5) is 5.69 Å². The van der Waals surface area contributed by atoms with E-state index >= 15 is 0 Å². The number of anilines is 1. The molecule has 3 rings (SSSR count). The molecule has 0 aliphatic carbocycles. The van der Waals surface area contributed by atoms with Crippen molar-refractivity contribution in [2.75, 3.05) is 44.3 Å². The molecule has 1 aromatic rings. The van der Waals surface area contributed by atoms with Crippen LogP contribution in [0.25, 0.3) is 0 Å². The molecule has 2 unspecified atom stereocenters. The monoisotopic (exact) mass is 413 g/mol. The number of morpholine rings is 1. The van der Waals surface area contributed by atoms with Crippen LogP contribution < -0.4 is 10.2 Å². The van der Waals surface area contributed by atoms with Gasteiger partial charge in [-0.2, -0.15) is 0 Å². The molecule has 8 heteroatoms. The van der Waals surface area contributed by atoms with Gasteiger partial charge in [0, 0.05) is 37.9 Å². The van der Waals surface area contributed by atoms with E-state index in [1.165, 1.54) is 0 Å². The minimum Gasteiger partial charge on any atom is -0.379 e. The molecule has 2 aliphatic rings. The average molecular weight is 414 g/mol. The van der Waals surface area contributed by atoms with Crippen molar-refractivity contribution in [3.05, 3.63) is 28.2 Å². The first-order valence-electron chi connectivity index (χ1n) is 9.32. The quantitative estimate of drug-likeness (QED) is 0.727. The van der Waals surface area contributed by atoms with E-state index in [9.17, 15) is 9.59 Å². The summed E-state index contributed by atoms with van der Waals surface area (Å²) >= 11 is 12.0. The lowest BCUT2D eigenvalue weighted by Crippen LogP contribution is -2.43. The normalized spacial score (nSPS) is 22.1. The number of carbonyl (C=O) groups is 2. The van der Waals surface area contributed by atoms with Gasteiger partial charge >= 0.3 is 0 Å². The Morgan fingerprint density at radius 3 is 2.70 bits per heavy atom. The number of hydrogen-bond acceptors (Lipinski definition) is 4. The summed E-state index contributed by atoms with van der Waals surface area (Å²) in [4.78, 5) is 29.2. The van der Waals surface area contributed by atoms with E-state index in [2.05, 4.69) is 10.2 Å². The largest absolute Gasteiger partial charge is 0.379 e. The van der Waals surface area contributed by atoms with Crippen molar-refractivity contribution in [2.24, 2.45) is 5.92 Å². The maximum absolute atomic E-state index is 12.7. The number of ether oxygens (including phenoxy) is 1. The van der Waals surface area contributed by atoms with Crippen molar-refractivity contribution in [3.8, 4) is 0 Å². The Hall–Kier alpha value is -1.34. The summed E-state index contributed by atoms with van der Waals surface area (Å²) < 4.78 is 5.34. The fourth-order valence-corrected chi connectivity index (χ4v) is 3.74.